The van der Waals surface area contributed by atoms with Gasteiger partial charge in [0, 0.05) is 19.3 Å². The lowest BCUT2D eigenvalue weighted by atomic mass is 10.0. The lowest BCUT2D eigenvalue weighted by Gasteiger charge is -2.29. The fourth-order valence-electron chi connectivity index (χ4n) is 2.21. The van der Waals surface area contributed by atoms with Crippen molar-refractivity contribution >= 4 is 11.7 Å². The molecule has 1 aromatic rings. The minimum absolute atomic E-state index is 0.119. The van der Waals surface area contributed by atoms with Crippen molar-refractivity contribution in [1.29, 1.82) is 0 Å². The van der Waals surface area contributed by atoms with Crippen molar-refractivity contribution in [2.75, 3.05) is 13.1 Å². The van der Waals surface area contributed by atoms with Crippen molar-refractivity contribution in [1.82, 2.24) is 9.88 Å². The lowest BCUT2D eigenvalue weighted by molar-refractivity contribution is -0.138. The zero-order chi connectivity index (χ0) is 18.1. The minimum Gasteiger partial charge on any atom is -0.444 e. The second kappa shape index (κ2) is 6.41. The fraction of sp³-hybridized carbons (Fsp3) is 0.500. The summed E-state index contributed by atoms with van der Waals surface area (Å²) in [5.41, 5.74) is -1.40. The van der Waals surface area contributed by atoms with Crippen molar-refractivity contribution in [2.45, 2.75) is 39.0 Å². The summed E-state index contributed by atoms with van der Waals surface area (Å²) in [6, 6.07) is 0.434. The predicted molar refractivity (Wildman–Crippen MR) is 79.6 cm³/mol. The number of rotatable bonds is 1. The summed E-state index contributed by atoms with van der Waals surface area (Å²) in [5, 5.41) is 0. The number of halogens is 4. The molecule has 0 atom stereocenters. The van der Waals surface area contributed by atoms with Gasteiger partial charge in [-0.05, 0) is 38.8 Å². The lowest BCUT2D eigenvalue weighted by Crippen LogP contribution is -2.39. The molecule has 4 nitrogen and oxygen atoms in total. The molecule has 2 heterocycles. The first-order valence-corrected chi connectivity index (χ1v) is 7.37. The molecule has 1 aromatic heterocycles. The molecule has 132 valence electrons. The topological polar surface area (TPSA) is 42.4 Å². The number of carbonyl (C=O) groups is 1. The van der Waals surface area contributed by atoms with E-state index in [0.29, 0.717) is 17.8 Å². The Bertz CT molecular complexity index is 663. The van der Waals surface area contributed by atoms with Gasteiger partial charge in [0.15, 0.2) is 0 Å². The van der Waals surface area contributed by atoms with Crippen LogP contribution in [0.1, 0.15) is 38.4 Å². The van der Waals surface area contributed by atoms with E-state index >= 15 is 0 Å². The van der Waals surface area contributed by atoms with Crippen LogP contribution in [0.25, 0.3) is 5.57 Å². The molecule has 24 heavy (non-hydrogen) atoms. The van der Waals surface area contributed by atoms with E-state index < -0.39 is 29.3 Å². The van der Waals surface area contributed by atoms with Crippen LogP contribution in [0.15, 0.2) is 18.3 Å². The van der Waals surface area contributed by atoms with Crippen LogP contribution in [0.2, 0.25) is 0 Å². The van der Waals surface area contributed by atoms with E-state index in [0.717, 1.165) is 0 Å². The Morgan fingerprint density at radius 3 is 2.42 bits per heavy atom. The molecule has 1 aliphatic rings. The Morgan fingerprint density at radius 2 is 1.96 bits per heavy atom. The Hall–Kier alpha value is -2.12. The minimum atomic E-state index is -4.64. The van der Waals surface area contributed by atoms with E-state index in [4.69, 9.17) is 4.74 Å². The molecule has 0 saturated heterocycles. The molecule has 0 bridgehead atoms. The largest absolute Gasteiger partial charge is 0.444 e. The highest BCUT2D eigenvalue weighted by atomic mass is 19.4. The zero-order valence-corrected chi connectivity index (χ0v) is 13.6. The highest BCUT2D eigenvalue weighted by Gasteiger charge is 2.32. The third-order valence-electron chi connectivity index (χ3n) is 3.33. The Balaban J connectivity index is 2.12. The van der Waals surface area contributed by atoms with Crippen LogP contribution in [-0.4, -0.2) is 34.7 Å². The summed E-state index contributed by atoms with van der Waals surface area (Å²) in [6.45, 7) is 5.71. The first-order chi connectivity index (χ1) is 11.0. The van der Waals surface area contributed by atoms with Crippen molar-refractivity contribution in [3.05, 3.63) is 35.4 Å². The van der Waals surface area contributed by atoms with Crippen molar-refractivity contribution in [3.8, 4) is 0 Å². The second-order valence-electron chi connectivity index (χ2n) is 6.46. The fourth-order valence-corrected chi connectivity index (χ4v) is 2.21. The van der Waals surface area contributed by atoms with Crippen LogP contribution in [0, 0.1) is 5.82 Å². The Labute approximate surface area is 137 Å². The van der Waals surface area contributed by atoms with Crippen molar-refractivity contribution in [2.24, 2.45) is 0 Å². The summed E-state index contributed by atoms with van der Waals surface area (Å²) >= 11 is 0. The normalized spacial score (nSPS) is 16.0. The van der Waals surface area contributed by atoms with E-state index in [2.05, 4.69) is 4.98 Å². The maximum absolute atomic E-state index is 13.9. The van der Waals surface area contributed by atoms with Crippen LogP contribution in [0.4, 0.5) is 22.4 Å². The van der Waals surface area contributed by atoms with Gasteiger partial charge in [0.05, 0.1) is 5.56 Å². The average Bonchev–Trinajstić information content (AvgIpc) is 2.44. The van der Waals surface area contributed by atoms with Gasteiger partial charge in [-0.25, -0.2) is 9.18 Å². The van der Waals surface area contributed by atoms with Crippen LogP contribution in [0.5, 0.6) is 0 Å². The molecular formula is C16H18F4N2O2. The number of amides is 1. The molecule has 2 rings (SSSR count). The molecule has 0 unspecified atom stereocenters. The van der Waals surface area contributed by atoms with Gasteiger partial charge < -0.3 is 9.64 Å². The first kappa shape index (κ1) is 18.2. The first-order valence-electron chi connectivity index (χ1n) is 7.37. The summed E-state index contributed by atoms with van der Waals surface area (Å²) < 4.78 is 56.8. The van der Waals surface area contributed by atoms with Crippen LogP contribution in [0.3, 0.4) is 0 Å². The maximum atomic E-state index is 13.9. The molecule has 0 aliphatic carbocycles. The molecule has 1 aliphatic heterocycles. The molecule has 0 fully saturated rings. The molecule has 0 N–H and O–H groups in total. The smallest absolute Gasteiger partial charge is 0.417 e. The molecule has 0 spiro atoms. The van der Waals surface area contributed by atoms with Crippen LogP contribution >= 0.6 is 0 Å². The van der Waals surface area contributed by atoms with Crippen LogP contribution in [-0.2, 0) is 10.9 Å². The van der Waals surface area contributed by atoms with Gasteiger partial charge in [-0.3, -0.25) is 4.98 Å². The van der Waals surface area contributed by atoms with Gasteiger partial charge in [0.1, 0.15) is 17.1 Å². The predicted octanol–water partition coefficient (Wildman–Crippen LogP) is 4.26. The highest BCUT2D eigenvalue weighted by Crippen LogP contribution is 2.31. The van der Waals surface area contributed by atoms with Gasteiger partial charge in [0.2, 0.25) is 0 Å². The molecule has 0 saturated carbocycles. The standard InChI is InChI=1S/C16H18F4N2O2/c1-15(2,3)24-14(23)22-6-4-10(5-7-22)13-12(17)8-11(9-21-13)16(18,19)20/h4,8-9H,5-7H2,1-3H3. The molecule has 8 heteroatoms. The van der Waals surface area contributed by atoms with Gasteiger partial charge in [-0.15, -0.1) is 0 Å². The number of alkyl halides is 3. The summed E-state index contributed by atoms with van der Waals surface area (Å²) in [4.78, 5) is 17.0. The number of aromatic nitrogens is 1. The molecule has 1 amide bonds. The van der Waals surface area contributed by atoms with E-state index in [9.17, 15) is 22.4 Å². The number of nitrogens with zero attached hydrogens (tertiary/aromatic N) is 2. The maximum Gasteiger partial charge on any atom is 0.417 e. The highest BCUT2D eigenvalue weighted by molar-refractivity contribution is 5.72. The number of hydrogen-bond acceptors (Lipinski definition) is 3. The third-order valence-corrected chi connectivity index (χ3v) is 3.33. The van der Waals surface area contributed by atoms with E-state index in [1.54, 1.807) is 26.8 Å². The zero-order valence-electron chi connectivity index (χ0n) is 13.6. The van der Waals surface area contributed by atoms with Crippen molar-refractivity contribution < 1.29 is 27.1 Å². The summed E-state index contributed by atoms with van der Waals surface area (Å²) in [7, 11) is 0. The third kappa shape index (κ3) is 4.46. The number of pyridine rings is 1. The average molecular weight is 346 g/mol. The Morgan fingerprint density at radius 1 is 1.29 bits per heavy atom. The monoisotopic (exact) mass is 346 g/mol. The molecular weight excluding hydrogens is 328 g/mol. The van der Waals surface area contributed by atoms with Crippen LogP contribution < -0.4 is 0 Å². The van der Waals surface area contributed by atoms with E-state index in [1.807, 2.05) is 0 Å². The SMILES string of the molecule is CC(C)(C)OC(=O)N1CC=C(c2ncc(C(F)(F)F)cc2F)CC1. The number of ether oxygens (including phenoxy) is 1. The van der Waals surface area contributed by atoms with E-state index in [1.165, 1.54) is 4.90 Å². The number of hydrogen-bond donors (Lipinski definition) is 0. The van der Waals surface area contributed by atoms with Crippen molar-refractivity contribution in [3.63, 3.8) is 0 Å². The second-order valence-corrected chi connectivity index (χ2v) is 6.46. The summed E-state index contributed by atoms with van der Waals surface area (Å²) in [5.74, 6) is -1.03. The van der Waals surface area contributed by atoms with Gasteiger partial charge in [-0.1, -0.05) is 6.08 Å². The summed E-state index contributed by atoms with van der Waals surface area (Å²) in [6.07, 6.45) is -2.65. The van der Waals surface area contributed by atoms with Gasteiger partial charge in [0.25, 0.3) is 0 Å². The van der Waals surface area contributed by atoms with E-state index in [-0.39, 0.29) is 25.2 Å². The van der Waals surface area contributed by atoms with Gasteiger partial charge >= 0.3 is 12.3 Å². The van der Waals surface area contributed by atoms with Gasteiger partial charge in [-0.2, -0.15) is 13.2 Å². The molecule has 0 aromatic carbocycles. The molecule has 0 radical (unpaired) electrons. The number of carbonyl (C=O) groups excluding carboxylic acids is 1. The Kier molecular flexibility index (Phi) is 4.87. The quantitative estimate of drug-likeness (QED) is 0.714.